The number of aromatic nitrogens is 2. The van der Waals surface area contributed by atoms with Gasteiger partial charge in [0.25, 0.3) is 5.91 Å². The maximum Gasteiger partial charge on any atom is 0.254 e. The second-order valence-electron chi connectivity index (χ2n) is 6.70. The summed E-state index contributed by atoms with van der Waals surface area (Å²) in [5.41, 5.74) is 4.81. The minimum absolute atomic E-state index is 0.000269. The zero-order valence-corrected chi connectivity index (χ0v) is 15.5. The van der Waals surface area contributed by atoms with Crippen molar-refractivity contribution < 1.29 is 4.79 Å². The number of carbonyl (C=O) groups excluding carboxylic acids is 1. The Kier molecular flexibility index (Phi) is 4.47. The van der Waals surface area contributed by atoms with Crippen molar-refractivity contribution in [2.45, 2.75) is 6.54 Å². The van der Waals surface area contributed by atoms with E-state index in [9.17, 15) is 4.79 Å². The highest BCUT2D eigenvalue weighted by atomic mass is 16.2. The first kappa shape index (κ1) is 17.0. The SMILES string of the molecule is CN(Cc1cc2ccccc2n1C)C(=O)c1ccccc1-c1cccnc1. The lowest BCUT2D eigenvalue weighted by atomic mass is 10.0. The van der Waals surface area contributed by atoms with Crippen LogP contribution in [0.4, 0.5) is 0 Å². The number of benzene rings is 2. The Morgan fingerprint density at radius 2 is 1.81 bits per heavy atom. The molecule has 0 saturated carbocycles. The third-order valence-corrected chi connectivity index (χ3v) is 4.93. The molecule has 4 heteroatoms. The first-order valence-corrected chi connectivity index (χ1v) is 8.93. The van der Waals surface area contributed by atoms with Gasteiger partial charge in [-0.05, 0) is 35.2 Å². The molecule has 4 nitrogen and oxygen atoms in total. The summed E-state index contributed by atoms with van der Waals surface area (Å²) >= 11 is 0. The van der Waals surface area contributed by atoms with Crippen molar-refractivity contribution in [3.05, 3.63) is 90.4 Å². The summed E-state index contributed by atoms with van der Waals surface area (Å²) in [6.45, 7) is 0.547. The number of pyridine rings is 1. The normalized spacial score (nSPS) is 10.9. The van der Waals surface area contributed by atoms with Crippen LogP contribution in [-0.4, -0.2) is 27.4 Å². The maximum absolute atomic E-state index is 13.2. The number of hydrogen-bond donors (Lipinski definition) is 0. The third kappa shape index (κ3) is 3.22. The predicted octanol–water partition coefficient (Wildman–Crippen LogP) is 4.51. The molecule has 2 aromatic heterocycles. The van der Waals surface area contributed by atoms with Crippen LogP contribution in [0.3, 0.4) is 0 Å². The van der Waals surface area contributed by atoms with Gasteiger partial charge in [0, 0.05) is 48.8 Å². The summed E-state index contributed by atoms with van der Waals surface area (Å²) in [5, 5.41) is 1.19. The maximum atomic E-state index is 13.2. The molecule has 0 bridgehead atoms. The van der Waals surface area contributed by atoms with Crippen LogP contribution in [0.25, 0.3) is 22.0 Å². The molecule has 0 aliphatic heterocycles. The Bertz CT molecular complexity index is 1100. The quantitative estimate of drug-likeness (QED) is 0.540. The molecule has 2 aromatic carbocycles. The Hall–Kier alpha value is -3.40. The molecule has 4 aromatic rings. The van der Waals surface area contributed by atoms with Gasteiger partial charge in [0.1, 0.15) is 0 Å². The van der Waals surface area contributed by atoms with Crippen molar-refractivity contribution in [2.75, 3.05) is 7.05 Å². The van der Waals surface area contributed by atoms with Gasteiger partial charge in [-0.1, -0.05) is 42.5 Å². The number of para-hydroxylation sites is 1. The largest absolute Gasteiger partial charge is 0.346 e. The standard InChI is InChI=1S/C23H21N3O/c1-25(16-19-14-17-8-3-6-12-22(17)26(19)2)23(27)21-11-5-4-10-20(21)18-9-7-13-24-15-18/h3-15H,16H2,1-2H3. The van der Waals surface area contributed by atoms with Gasteiger partial charge < -0.3 is 9.47 Å². The molecule has 4 rings (SSSR count). The molecule has 1 amide bonds. The number of hydrogen-bond acceptors (Lipinski definition) is 2. The van der Waals surface area contributed by atoms with Crippen LogP contribution in [0, 0.1) is 0 Å². The average Bonchev–Trinajstić information content (AvgIpc) is 3.03. The van der Waals surface area contributed by atoms with Gasteiger partial charge in [-0.15, -0.1) is 0 Å². The first-order valence-electron chi connectivity index (χ1n) is 8.93. The van der Waals surface area contributed by atoms with E-state index in [-0.39, 0.29) is 5.91 Å². The Morgan fingerprint density at radius 1 is 1.04 bits per heavy atom. The molecule has 0 saturated heterocycles. The molecule has 134 valence electrons. The summed E-state index contributed by atoms with van der Waals surface area (Å²) in [5.74, 6) is -0.000269. The number of amides is 1. The van der Waals surface area contributed by atoms with Crippen molar-refractivity contribution in [1.82, 2.24) is 14.5 Å². The number of aryl methyl sites for hydroxylation is 1. The molecule has 0 aliphatic carbocycles. The fourth-order valence-corrected chi connectivity index (χ4v) is 3.46. The van der Waals surface area contributed by atoms with Crippen molar-refractivity contribution in [3.8, 4) is 11.1 Å². The number of fused-ring (bicyclic) bond motifs is 1. The topological polar surface area (TPSA) is 38.1 Å². The molecule has 0 spiro atoms. The summed E-state index contributed by atoms with van der Waals surface area (Å²) < 4.78 is 2.14. The van der Waals surface area contributed by atoms with Gasteiger partial charge in [-0.3, -0.25) is 9.78 Å². The van der Waals surface area contributed by atoms with Crippen molar-refractivity contribution in [1.29, 1.82) is 0 Å². The van der Waals surface area contributed by atoms with Crippen molar-refractivity contribution in [2.24, 2.45) is 7.05 Å². The molecule has 0 unspecified atom stereocenters. The van der Waals surface area contributed by atoms with Crippen LogP contribution in [-0.2, 0) is 13.6 Å². The van der Waals surface area contributed by atoms with Gasteiger partial charge >= 0.3 is 0 Å². The van der Waals surface area contributed by atoms with E-state index < -0.39 is 0 Å². The predicted molar refractivity (Wildman–Crippen MR) is 108 cm³/mol. The fraction of sp³-hybridized carbons (Fsp3) is 0.130. The molecular formula is C23H21N3O. The van der Waals surface area contributed by atoms with Crippen LogP contribution in [0.5, 0.6) is 0 Å². The van der Waals surface area contributed by atoms with Gasteiger partial charge in [0.15, 0.2) is 0 Å². The third-order valence-electron chi connectivity index (χ3n) is 4.93. The van der Waals surface area contributed by atoms with E-state index in [0.717, 1.165) is 16.8 Å². The number of carbonyl (C=O) groups is 1. The van der Waals surface area contributed by atoms with Gasteiger partial charge in [-0.25, -0.2) is 0 Å². The van der Waals surface area contributed by atoms with Crippen LogP contribution in [0.2, 0.25) is 0 Å². The van der Waals surface area contributed by atoms with Crippen LogP contribution in [0.1, 0.15) is 16.1 Å². The Labute approximate surface area is 158 Å². The number of nitrogens with zero attached hydrogens (tertiary/aromatic N) is 3. The van der Waals surface area contributed by atoms with Crippen molar-refractivity contribution in [3.63, 3.8) is 0 Å². The van der Waals surface area contributed by atoms with Crippen LogP contribution < -0.4 is 0 Å². The minimum atomic E-state index is -0.000269. The number of rotatable bonds is 4. The van der Waals surface area contributed by atoms with Gasteiger partial charge in [0.05, 0.1) is 6.54 Å². The second-order valence-corrected chi connectivity index (χ2v) is 6.70. The summed E-state index contributed by atoms with van der Waals surface area (Å²) in [6, 6.07) is 22.0. The monoisotopic (exact) mass is 355 g/mol. The fourth-order valence-electron chi connectivity index (χ4n) is 3.46. The van der Waals surface area contributed by atoms with E-state index in [1.54, 1.807) is 17.3 Å². The van der Waals surface area contributed by atoms with Crippen molar-refractivity contribution >= 4 is 16.8 Å². The first-order chi connectivity index (χ1) is 13.1. The molecule has 0 atom stereocenters. The molecule has 0 radical (unpaired) electrons. The zero-order valence-electron chi connectivity index (χ0n) is 15.5. The highest BCUT2D eigenvalue weighted by molar-refractivity contribution is 6.00. The minimum Gasteiger partial charge on any atom is -0.346 e. The molecule has 2 heterocycles. The summed E-state index contributed by atoms with van der Waals surface area (Å²) in [4.78, 5) is 19.1. The van der Waals surface area contributed by atoms with E-state index in [2.05, 4.69) is 27.8 Å². The van der Waals surface area contributed by atoms with Gasteiger partial charge in [-0.2, -0.15) is 0 Å². The van der Waals surface area contributed by atoms with Crippen LogP contribution >= 0.6 is 0 Å². The smallest absolute Gasteiger partial charge is 0.254 e. The molecule has 0 fully saturated rings. The Morgan fingerprint density at radius 3 is 2.59 bits per heavy atom. The summed E-state index contributed by atoms with van der Waals surface area (Å²) in [7, 11) is 3.89. The Balaban J connectivity index is 1.64. The lowest BCUT2D eigenvalue weighted by Gasteiger charge is -2.19. The second kappa shape index (κ2) is 7.08. The van der Waals surface area contributed by atoms with E-state index in [0.29, 0.717) is 12.1 Å². The highest BCUT2D eigenvalue weighted by Crippen LogP contribution is 2.25. The molecular weight excluding hydrogens is 334 g/mol. The molecule has 0 N–H and O–H groups in total. The van der Waals surface area contributed by atoms with E-state index >= 15 is 0 Å². The van der Waals surface area contributed by atoms with E-state index in [1.165, 1.54) is 10.9 Å². The average molecular weight is 355 g/mol. The lowest BCUT2D eigenvalue weighted by molar-refractivity contribution is 0.0783. The van der Waals surface area contributed by atoms with Crippen LogP contribution in [0.15, 0.2) is 79.1 Å². The lowest BCUT2D eigenvalue weighted by Crippen LogP contribution is -2.27. The molecule has 27 heavy (non-hydrogen) atoms. The van der Waals surface area contributed by atoms with E-state index in [4.69, 9.17) is 0 Å². The van der Waals surface area contributed by atoms with E-state index in [1.807, 2.05) is 62.6 Å². The summed E-state index contributed by atoms with van der Waals surface area (Å²) in [6.07, 6.45) is 3.52. The molecule has 0 aliphatic rings. The zero-order chi connectivity index (χ0) is 18.8. The highest BCUT2D eigenvalue weighted by Gasteiger charge is 2.18. The van der Waals surface area contributed by atoms with Gasteiger partial charge in [0.2, 0.25) is 0 Å².